The van der Waals surface area contributed by atoms with E-state index < -0.39 is 5.97 Å². The van der Waals surface area contributed by atoms with Crippen molar-refractivity contribution in [1.82, 2.24) is 5.32 Å². The van der Waals surface area contributed by atoms with Crippen LogP contribution in [0, 0.1) is 5.92 Å². The van der Waals surface area contributed by atoms with Crippen LogP contribution in [-0.2, 0) is 20.8 Å². The molecule has 1 rings (SSSR count). The zero-order valence-corrected chi connectivity index (χ0v) is 18.0. The van der Waals surface area contributed by atoms with Crippen LogP contribution < -0.4 is 5.32 Å². The second-order valence-corrected chi connectivity index (χ2v) is 7.27. The summed E-state index contributed by atoms with van der Waals surface area (Å²) in [5.41, 5.74) is 1.32. The van der Waals surface area contributed by atoms with Gasteiger partial charge in [-0.2, -0.15) is 0 Å². The minimum atomic E-state index is -0.928. The maximum absolute atomic E-state index is 5.66. The first-order valence-corrected chi connectivity index (χ1v) is 10.6. The summed E-state index contributed by atoms with van der Waals surface area (Å²) in [7, 11) is 5.03. The Bertz CT molecular complexity index is 440. The third-order valence-corrected chi connectivity index (χ3v) is 5.34. The van der Waals surface area contributed by atoms with E-state index >= 15 is 0 Å². The summed E-state index contributed by atoms with van der Waals surface area (Å²) in [6, 6.07) is 10.5. The zero-order chi connectivity index (χ0) is 19.8. The fraction of sp³-hybridized carbons (Fsp3) is 0.739. The minimum Gasteiger partial charge on any atom is -0.331 e. The summed E-state index contributed by atoms with van der Waals surface area (Å²) in [6.07, 6.45) is 10.9. The molecule has 1 N–H and O–H groups in total. The molecule has 4 nitrogen and oxygen atoms in total. The van der Waals surface area contributed by atoms with Crippen molar-refractivity contribution in [3.63, 3.8) is 0 Å². The number of methoxy groups -OCH3 is 3. The smallest absolute Gasteiger partial charge is 0.285 e. The number of hydrogen-bond acceptors (Lipinski definition) is 4. The summed E-state index contributed by atoms with van der Waals surface area (Å²) < 4.78 is 17.0. The Hall–Kier alpha value is -0.940. The molecule has 0 fully saturated rings. The highest BCUT2D eigenvalue weighted by atomic mass is 16.9. The van der Waals surface area contributed by atoms with Gasteiger partial charge in [-0.3, -0.25) is 0 Å². The van der Waals surface area contributed by atoms with Crippen molar-refractivity contribution in [3.05, 3.63) is 35.9 Å². The van der Waals surface area contributed by atoms with Crippen LogP contribution in [0.3, 0.4) is 0 Å². The van der Waals surface area contributed by atoms with Crippen LogP contribution in [-0.4, -0.2) is 33.8 Å². The first-order valence-electron chi connectivity index (χ1n) is 10.6. The van der Waals surface area contributed by atoms with Gasteiger partial charge in [-0.25, -0.2) is 0 Å². The van der Waals surface area contributed by atoms with Crippen LogP contribution >= 0.6 is 0 Å². The van der Waals surface area contributed by atoms with E-state index in [1.54, 1.807) is 21.3 Å². The lowest BCUT2D eigenvalue weighted by Gasteiger charge is -2.36. The van der Waals surface area contributed by atoms with E-state index in [9.17, 15) is 0 Å². The lowest BCUT2D eigenvalue weighted by atomic mass is 9.93. The molecule has 0 aliphatic carbocycles. The summed E-state index contributed by atoms with van der Waals surface area (Å²) >= 11 is 0. The van der Waals surface area contributed by atoms with Gasteiger partial charge in [0.1, 0.15) is 0 Å². The molecule has 0 spiro atoms. The largest absolute Gasteiger partial charge is 0.331 e. The summed E-state index contributed by atoms with van der Waals surface area (Å²) in [6.45, 7) is 4.15. The molecule has 156 valence electrons. The molecule has 0 heterocycles. The molecule has 27 heavy (non-hydrogen) atoms. The molecule has 4 heteroatoms. The van der Waals surface area contributed by atoms with Gasteiger partial charge in [0.05, 0.1) is 0 Å². The van der Waals surface area contributed by atoms with Gasteiger partial charge in [-0.15, -0.1) is 0 Å². The fourth-order valence-electron chi connectivity index (χ4n) is 3.72. The van der Waals surface area contributed by atoms with E-state index in [4.69, 9.17) is 14.2 Å². The van der Waals surface area contributed by atoms with Crippen LogP contribution in [0.1, 0.15) is 70.3 Å². The average molecular weight is 380 g/mol. The van der Waals surface area contributed by atoms with Gasteiger partial charge < -0.3 is 19.5 Å². The van der Waals surface area contributed by atoms with Gasteiger partial charge >= 0.3 is 0 Å². The normalized spacial score (nSPS) is 13.0. The van der Waals surface area contributed by atoms with E-state index in [1.165, 1.54) is 44.1 Å². The number of ether oxygens (including phenoxy) is 3. The molecule has 0 saturated heterocycles. The van der Waals surface area contributed by atoms with Crippen LogP contribution in [0.2, 0.25) is 0 Å². The number of unbranched alkanes of at least 4 members (excludes halogenated alkanes) is 5. The van der Waals surface area contributed by atoms with E-state index in [0.717, 1.165) is 32.4 Å². The Morgan fingerprint density at radius 2 is 1.41 bits per heavy atom. The monoisotopic (exact) mass is 379 g/mol. The van der Waals surface area contributed by atoms with Crippen LogP contribution in [0.5, 0.6) is 0 Å². The predicted octanol–water partition coefficient (Wildman–Crippen LogP) is 5.52. The highest BCUT2D eigenvalue weighted by Crippen LogP contribution is 2.32. The van der Waals surface area contributed by atoms with Crippen molar-refractivity contribution in [2.45, 2.75) is 77.2 Å². The summed E-state index contributed by atoms with van der Waals surface area (Å²) in [5, 5.41) is 3.53. The summed E-state index contributed by atoms with van der Waals surface area (Å²) in [4.78, 5) is 0. The fourth-order valence-corrected chi connectivity index (χ4v) is 3.72. The first kappa shape index (κ1) is 24.1. The molecule has 0 bridgehead atoms. The number of rotatable bonds is 17. The van der Waals surface area contributed by atoms with Crippen molar-refractivity contribution in [2.24, 2.45) is 5.92 Å². The van der Waals surface area contributed by atoms with Gasteiger partial charge in [-0.05, 0) is 31.4 Å². The number of hydrogen-bond donors (Lipinski definition) is 1. The highest BCUT2D eigenvalue weighted by Gasteiger charge is 2.39. The standard InChI is InChI=1S/C23H41NO3/c1-5-6-7-8-9-13-17-22(23(25-2,26-3)27-4)18-14-19-24-20-21-15-11-10-12-16-21/h10-12,15-16,22,24H,5-9,13-14,17-20H2,1-4H3. The van der Waals surface area contributed by atoms with Crippen molar-refractivity contribution in [1.29, 1.82) is 0 Å². The van der Waals surface area contributed by atoms with Crippen molar-refractivity contribution < 1.29 is 14.2 Å². The van der Waals surface area contributed by atoms with Gasteiger partial charge in [0.15, 0.2) is 0 Å². The second kappa shape index (κ2) is 15.0. The Kier molecular flexibility index (Phi) is 13.4. The van der Waals surface area contributed by atoms with Crippen molar-refractivity contribution in [3.8, 4) is 0 Å². The molecule has 1 atom stereocenters. The lowest BCUT2D eigenvalue weighted by Crippen LogP contribution is -2.44. The molecular weight excluding hydrogens is 338 g/mol. The Balaban J connectivity index is 2.40. The van der Waals surface area contributed by atoms with E-state index in [1.807, 2.05) is 0 Å². The minimum absolute atomic E-state index is 0.238. The number of nitrogens with one attached hydrogen (secondary N) is 1. The second-order valence-electron chi connectivity index (χ2n) is 7.27. The Morgan fingerprint density at radius 1 is 0.815 bits per heavy atom. The molecular formula is C23H41NO3. The average Bonchev–Trinajstić information content (AvgIpc) is 2.72. The van der Waals surface area contributed by atoms with Crippen molar-refractivity contribution in [2.75, 3.05) is 27.9 Å². The molecule has 0 saturated carbocycles. The number of benzene rings is 1. The summed E-state index contributed by atoms with van der Waals surface area (Å²) in [5.74, 6) is -0.690. The van der Waals surface area contributed by atoms with E-state index in [-0.39, 0.29) is 5.92 Å². The van der Waals surface area contributed by atoms with Gasteiger partial charge in [0.2, 0.25) is 0 Å². The molecule has 0 aliphatic rings. The molecule has 0 aliphatic heterocycles. The molecule has 0 aromatic heterocycles. The molecule has 1 aromatic carbocycles. The van der Waals surface area contributed by atoms with Crippen LogP contribution in [0.25, 0.3) is 0 Å². The zero-order valence-electron chi connectivity index (χ0n) is 18.0. The topological polar surface area (TPSA) is 39.7 Å². The molecule has 0 radical (unpaired) electrons. The Labute approximate surface area is 167 Å². The SMILES string of the molecule is CCCCCCCCC(CCCNCc1ccccc1)C(OC)(OC)OC. The van der Waals surface area contributed by atoms with Crippen molar-refractivity contribution >= 4 is 0 Å². The highest BCUT2D eigenvalue weighted by molar-refractivity contribution is 5.14. The first-order chi connectivity index (χ1) is 13.2. The third kappa shape index (κ3) is 9.20. The molecule has 1 unspecified atom stereocenters. The van der Waals surface area contributed by atoms with Gasteiger partial charge in [0.25, 0.3) is 5.97 Å². The maximum Gasteiger partial charge on any atom is 0.285 e. The predicted molar refractivity (Wildman–Crippen MR) is 113 cm³/mol. The van der Waals surface area contributed by atoms with E-state index in [0.29, 0.717) is 0 Å². The van der Waals surface area contributed by atoms with Crippen LogP contribution in [0.4, 0.5) is 0 Å². The van der Waals surface area contributed by atoms with Crippen LogP contribution in [0.15, 0.2) is 30.3 Å². The Morgan fingerprint density at radius 3 is 2.04 bits per heavy atom. The molecule has 0 amide bonds. The lowest BCUT2D eigenvalue weighted by molar-refractivity contribution is -0.380. The maximum atomic E-state index is 5.66. The van der Waals surface area contributed by atoms with Gasteiger partial charge in [0, 0.05) is 33.8 Å². The molecule has 1 aromatic rings. The van der Waals surface area contributed by atoms with Gasteiger partial charge in [-0.1, -0.05) is 75.8 Å². The quantitative estimate of drug-likeness (QED) is 0.286. The third-order valence-electron chi connectivity index (χ3n) is 5.34. The van der Waals surface area contributed by atoms with E-state index in [2.05, 4.69) is 42.6 Å².